The summed E-state index contributed by atoms with van der Waals surface area (Å²) in [5.74, 6) is 0.904. The lowest BCUT2D eigenvalue weighted by atomic mass is 10.1. The fraction of sp³-hybridized carbons (Fsp3) is 0. The third kappa shape index (κ3) is 2.75. The lowest BCUT2D eigenvalue weighted by Gasteiger charge is -2.05. The average Bonchev–Trinajstić information content (AvgIpc) is 3.36. The maximum Gasteiger partial charge on any atom is 0.182 e. The molecule has 0 N–H and O–H groups in total. The predicted octanol–water partition coefficient (Wildman–Crippen LogP) is 5.51. The molecular weight excluding hydrogens is 379 g/mol. The molecule has 3 heterocycles. The van der Waals surface area contributed by atoms with Crippen LogP contribution in [0.4, 0.5) is 4.39 Å². The standard InChI is InChI=1S/C21H12ClFN4O/c22-17-4-2-1-3-16(17)21-26-25-18-10-7-14(11-27(18)21)20-19(24-12-28-20)13-5-8-15(23)9-6-13/h1-12H. The first kappa shape index (κ1) is 16.6. The third-order valence-corrected chi connectivity index (χ3v) is 4.79. The van der Waals surface area contributed by atoms with Crippen molar-refractivity contribution in [3.8, 4) is 34.0 Å². The first-order chi connectivity index (χ1) is 13.7. The molecule has 0 aliphatic carbocycles. The summed E-state index contributed by atoms with van der Waals surface area (Å²) >= 11 is 6.33. The number of benzene rings is 2. The monoisotopic (exact) mass is 390 g/mol. The van der Waals surface area contributed by atoms with Crippen LogP contribution in [-0.2, 0) is 0 Å². The molecule has 0 radical (unpaired) electrons. The van der Waals surface area contributed by atoms with Crippen LogP contribution in [-0.4, -0.2) is 19.6 Å². The lowest BCUT2D eigenvalue weighted by molar-refractivity contribution is 0.572. The molecule has 0 atom stereocenters. The van der Waals surface area contributed by atoms with Gasteiger partial charge in [-0.3, -0.25) is 4.40 Å². The summed E-state index contributed by atoms with van der Waals surface area (Å²) in [6.07, 6.45) is 3.25. The minimum absolute atomic E-state index is 0.302. The zero-order chi connectivity index (χ0) is 19.1. The second-order valence-electron chi connectivity index (χ2n) is 6.19. The quantitative estimate of drug-likeness (QED) is 0.407. The van der Waals surface area contributed by atoms with Crippen molar-refractivity contribution in [1.29, 1.82) is 0 Å². The summed E-state index contributed by atoms with van der Waals surface area (Å²) in [6, 6.07) is 17.3. The van der Waals surface area contributed by atoms with Gasteiger partial charge in [0.15, 0.2) is 23.6 Å². The van der Waals surface area contributed by atoms with Gasteiger partial charge in [-0.05, 0) is 48.5 Å². The second-order valence-corrected chi connectivity index (χ2v) is 6.59. The minimum atomic E-state index is -0.302. The van der Waals surface area contributed by atoms with Gasteiger partial charge in [0, 0.05) is 22.9 Å². The molecule has 28 heavy (non-hydrogen) atoms. The topological polar surface area (TPSA) is 56.2 Å². The highest BCUT2D eigenvalue weighted by molar-refractivity contribution is 6.33. The first-order valence-electron chi connectivity index (χ1n) is 8.50. The van der Waals surface area contributed by atoms with Crippen molar-refractivity contribution in [3.05, 3.63) is 84.1 Å². The minimum Gasteiger partial charge on any atom is -0.443 e. The number of hydrogen-bond acceptors (Lipinski definition) is 4. The van der Waals surface area contributed by atoms with E-state index in [-0.39, 0.29) is 5.82 Å². The molecule has 0 aliphatic heterocycles. The Bertz CT molecular complexity index is 1290. The molecule has 0 bridgehead atoms. The first-order valence-corrected chi connectivity index (χ1v) is 8.88. The van der Waals surface area contributed by atoms with E-state index in [0.717, 1.165) is 16.7 Å². The van der Waals surface area contributed by atoms with Gasteiger partial charge in [-0.1, -0.05) is 23.7 Å². The fourth-order valence-corrected chi connectivity index (χ4v) is 3.34. The molecule has 136 valence electrons. The summed E-state index contributed by atoms with van der Waals surface area (Å²) in [6.45, 7) is 0. The van der Waals surface area contributed by atoms with Crippen LogP contribution >= 0.6 is 11.6 Å². The van der Waals surface area contributed by atoms with Crippen molar-refractivity contribution in [2.75, 3.05) is 0 Å². The van der Waals surface area contributed by atoms with Crippen LogP contribution in [0.15, 0.2) is 77.7 Å². The van der Waals surface area contributed by atoms with Gasteiger partial charge in [-0.15, -0.1) is 10.2 Å². The molecule has 0 saturated carbocycles. The van der Waals surface area contributed by atoms with E-state index in [4.69, 9.17) is 16.0 Å². The molecule has 0 fully saturated rings. The van der Waals surface area contributed by atoms with Gasteiger partial charge in [-0.25, -0.2) is 9.37 Å². The predicted molar refractivity (Wildman–Crippen MR) is 104 cm³/mol. The molecule has 7 heteroatoms. The number of halogens is 2. The van der Waals surface area contributed by atoms with Gasteiger partial charge in [0.1, 0.15) is 11.5 Å². The number of pyridine rings is 1. The molecule has 0 unspecified atom stereocenters. The third-order valence-electron chi connectivity index (χ3n) is 4.46. The van der Waals surface area contributed by atoms with Crippen molar-refractivity contribution in [2.24, 2.45) is 0 Å². The molecule has 0 saturated heterocycles. The van der Waals surface area contributed by atoms with E-state index in [9.17, 15) is 4.39 Å². The molecule has 0 aliphatic rings. The maximum absolute atomic E-state index is 13.3. The summed E-state index contributed by atoms with van der Waals surface area (Å²) in [5.41, 5.74) is 3.65. The van der Waals surface area contributed by atoms with Gasteiger partial charge in [0.2, 0.25) is 0 Å². The van der Waals surface area contributed by atoms with Crippen LogP contribution < -0.4 is 0 Å². The molecule has 3 aromatic heterocycles. The van der Waals surface area contributed by atoms with Gasteiger partial charge in [0.25, 0.3) is 0 Å². The Morgan fingerprint density at radius 2 is 1.68 bits per heavy atom. The average molecular weight is 391 g/mol. The number of rotatable bonds is 3. The highest BCUT2D eigenvalue weighted by Gasteiger charge is 2.16. The lowest BCUT2D eigenvalue weighted by Crippen LogP contribution is -1.92. The zero-order valence-electron chi connectivity index (χ0n) is 14.4. The molecule has 0 amide bonds. The van der Waals surface area contributed by atoms with Crippen molar-refractivity contribution in [1.82, 2.24) is 19.6 Å². The smallest absolute Gasteiger partial charge is 0.182 e. The van der Waals surface area contributed by atoms with Crippen LogP contribution in [0, 0.1) is 5.82 Å². The molecule has 5 nitrogen and oxygen atoms in total. The molecular formula is C21H12ClFN4O. The number of oxazole rings is 1. The van der Waals surface area contributed by atoms with Gasteiger partial charge in [-0.2, -0.15) is 0 Å². The Morgan fingerprint density at radius 3 is 2.50 bits per heavy atom. The molecule has 5 aromatic rings. The Morgan fingerprint density at radius 1 is 0.893 bits per heavy atom. The molecule has 2 aromatic carbocycles. The van der Waals surface area contributed by atoms with Gasteiger partial charge >= 0.3 is 0 Å². The zero-order valence-corrected chi connectivity index (χ0v) is 15.1. The van der Waals surface area contributed by atoms with Crippen LogP contribution in [0.3, 0.4) is 0 Å². The Kier molecular flexibility index (Phi) is 3.91. The van der Waals surface area contributed by atoms with Crippen molar-refractivity contribution in [2.45, 2.75) is 0 Å². The molecule has 0 spiro atoms. The number of hydrogen-bond donors (Lipinski definition) is 0. The van der Waals surface area contributed by atoms with E-state index in [1.807, 2.05) is 47.0 Å². The highest BCUT2D eigenvalue weighted by atomic mass is 35.5. The number of nitrogens with zero attached hydrogens (tertiary/aromatic N) is 4. The summed E-state index contributed by atoms with van der Waals surface area (Å²) in [7, 11) is 0. The van der Waals surface area contributed by atoms with E-state index in [0.29, 0.717) is 27.9 Å². The normalized spacial score (nSPS) is 11.2. The summed E-state index contributed by atoms with van der Waals surface area (Å²) in [5, 5.41) is 9.09. The van der Waals surface area contributed by atoms with Crippen molar-refractivity contribution in [3.63, 3.8) is 0 Å². The highest BCUT2D eigenvalue weighted by Crippen LogP contribution is 2.33. The van der Waals surface area contributed by atoms with Gasteiger partial charge in [0.05, 0.1) is 5.02 Å². The van der Waals surface area contributed by atoms with E-state index < -0.39 is 0 Å². The Balaban J connectivity index is 1.66. The second kappa shape index (κ2) is 6.58. The van der Waals surface area contributed by atoms with E-state index in [2.05, 4.69) is 15.2 Å². The number of fused-ring (bicyclic) bond motifs is 1. The Labute approximate surface area is 164 Å². The summed E-state index contributed by atoms with van der Waals surface area (Å²) < 4.78 is 20.8. The van der Waals surface area contributed by atoms with E-state index in [1.165, 1.54) is 18.5 Å². The fourth-order valence-electron chi connectivity index (χ4n) is 3.12. The van der Waals surface area contributed by atoms with Gasteiger partial charge < -0.3 is 4.42 Å². The number of aromatic nitrogens is 4. The van der Waals surface area contributed by atoms with Crippen molar-refractivity contribution >= 4 is 17.2 Å². The largest absolute Gasteiger partial charge is 0.443 e. The Hall–Kier alpha value is -3.51. The SMILES string of the molecule is Fc1ccc(-c2ncoc2-c2ccc3nnc(-c4ccccc4Cl)n3c2)cc1. The van der Waals surface area contributed by atoms with Crippen LogP contribution in [0.2, 0.25) is 5.02 Å². The van der Waals surface area contributed by atoms with E-state index >= 15 is 0 Å². The van der Waals surface area contributed by atoms with E-state index in [1.54, 1.807) is 12.1 Å². The maximum atomic E-state index is 13.3. The van der Waals surface area contributed by atoms with Crippen LogP contribution in [0.1, 0.15) is 0 Å². The summed E-state index contributed by atoms with van der Waals surface area (Å²) in [4.78, 5) is 4.30. The van der Waals surface area contributed by atoms with Crippen molar-refractivity contribution < 1.29 is 8.81 Å². The van der Waals surface area contributed by atoms with Crippen LogP contribution in [0.25, 0.3) is 39.6 Å². The van der Waals surface area contributed by atoms with Crippen LogP contribution in [0.5, 0.6) is 0 Å². The molecule has 5 rings (SSSR count).